The van der Waals surface area contributed by atoms with Gasteiger partial charge in [0.2, 0.25) is 5.91 Å². The molecule has 7 heteroatoms. The van der Waals surface area contributed by atoms with Crippen LogP contribution in [0.15, 0.2) is 48.5 Å². The quantitative estimate of drug-likeness (QED) is 0.608. The second-order valence-electron chi connectivity index (χ2n) is 5.36. The number of amides is 1. The Kier molecular flexibility index (Phi) is 3.38. The number of anilines is 1. The summed E-state index contributed by atoms with van der Waals surface area (Å²) in [6.45, 7) is 0. The van der Waals surface area contributed by atoms with Gasteiger partial charge in [0.15, 0.2) is 5.65 Å². The molecule has 2 N–H and O–H groups in total. The van der Waals surface area contributed by atoms with Crippen LogP contribution >= 0.6 is 0 Å². The Bertz CT molecular complexity index is 1040. The maximum Gasteiger partial charge on any atom is 0.251 e. The van der Waals surface area contributed by atoms with Crippen molar-refractivity contribution < 1.29 is 9.18 Å². The van der Waals surface area contributed by atoms with Crippen molar-refractivity contribution in [2.24, 2.45) is 0 Å². The Morgan fingerprint density at radius 1 is 1.12 bits per heavy atom. The zero-order chi connectivity index (χ0) is 16.5. The molecule has 2 aromatic heterocycles. The summed E-state index contributed by atoms with van der Waals surface area (Å²) in [6, 6.07) is 13.7. The van der Waals surface area contributed by atoms with E-state index < -0.39 is 0 Å². The summed E-state index contributed by atoms with van der Waals surface area (Å²) in [5, 5.41) is 11.2. The number of H-pyrrole nitrogens is 1. The van der Waals surface area contributed by atoms with Gasteiger partial charge in [-0.1, -0.05) is 30.3 Å². The highest BCUT2D eigenvalue weighted by molar-refractivity contribution is 6.03. The summed E-state index contributed by atoms with van der Waals surface area (Å²) >= 11 is 0. The first-order chi connectivity index (χ1) is 11.7. The molecule has 2 heterocycles. The van der Waals surface area contributed by atoms with Crippen LogP contribution in [-0.2, 0) is 11.2 Å². The molecule has 4 aromatic rings. The molecule has 0 saturated heterocycles. The van der Waals surface area contributed by atoms with Crippen LogP contribution in [0.3, 0.4) is 0 Å². The fourth-order valence-electron chi connectivity index (χ4n) is 2.55. The van der Waals surface area contributed by atoms with Gasteiger partial charge in [-0.3, -0.25) is 10.1 Å². The van der Waals surface area contributed by atoms with Crippen molar-refractivity contribution in [1.29, 1.82) is 0 Å². The second kappa shape index (κ2) is 5.69. The third-order valence-electron chi connectivity index (χ3n) is 3.64. The number of hydrogen-bond acceptors (Lipinski definition) is 4. The van der Waals surface area contributed by atoms with Gasteiger partial charge < -0.3 is 4.98 Å². The normalized spacial score (nSPS) is 11.0. The predicted octanol–water partition coefficient (Wildman–Crippen LogP) is 2.83. The first-order valence-electron chi connectivity index (χ1n) is 7.34. The monoisotopic (exact) mass is 321 g/mol. The maximum atomic E-state index is 13.4. The molecule has 0 bridgehead atoms. The third kappa shape index (κ3) is 2.67. The molecule has 2 aromatic carbocycles. The van der Waals surface area contributed by atoms with Crippen LogP contribution in [0.4, 0.5) is 10.3 Å². The van der Waals surface area contributed by atoms with Crippen molar-refractivity contribution in [2.45, 2.75) is 6.42 Å². The lowest BCUT2D eigenvalue weighted by Gasteiger charge is -2.03. The van der Waals surface area contributed by atoms with Gasteiger partial charge in [0, 0.05) is 10.9 Å². The SMILES string of the molecule is O=C(Cc1ccccc1)Nc1nnc2c(n1)[nH]c1ccc(F)cc12. The number of fused-ring (bicyclic) bond motifs is 3. The standard InChI is InChI=1S/C17H12FN5O/c18-11-6-7-13-12(9-11)15-16(19-13)21-17(23-22-15)20-14(24)8-10-4-2-1-3-5-10/h1-7,9H,8H2,(H2,19,20,21,23,24). The van der Waals surface area contributed by atoms with Gasteiger partial charge in [-0.2, -0.15) is 4.98 Å². The zero-order valence-electron chi connectivity index (χ0n) is 12.5. The van der Waals surface area contributed by atoms with E-state index in [-0.39, 0.29) is 24.1 Å². The summed E-state index contributed by atoms with van der Waals surface area (Å²) in [6.07, 6.45) is 0.222. The third-order valence-corrected chi connectivity index (χ3v) is 3.64. The van der Waals surface area contributed by atoms with Crippen LogP contribution in [0.1, 0.15) is 5.56 Å². The Balaban J connectivity index is 1.61. The second-order valence-corrected chi connectivity index (χ2v) is 5.36. The van der Waals surface area contributed by atoms with Gasteiger partial charge in [0.25, 0.3) is 5.95 Å². The minimum Gasteiger partial charge on any atom is -0.338 e. The highest BCUT2D eigenvalue weighted by atomic mass is 19.1. The molecule has 118 valence electrons. The number of aromatic amines is 1. The van der Waals surface area contributed by atoms with Crippen LogP contribution in [0.2, 0.25) is 0 Å². The van der Waals surface area contributed by atoms with Gasteiger partial charge >= 0.3 is 0 Å². The van der Waals surface area contributed by atoms with Crippen molar-refractivity contribution in [3.63, 3.8) is 0 Å². The number of aromatic nitrogens is 4. The van der Waals surface area contributed by atoms with Crippen molar-refractivity contribution >= 4 is 33.9 Å². The highest BCUT2D eigenvalue weighted by Gasteiger charge is 2.12. The lowest BCUT2D eigenvalue weighted by molar-refractivity contribution is -0.115. The fourth-order valence-corrected chi connectivity index (χ4v) is 2.55. The van der Waals surface area contributed by atoms with Crippen LogP contribution in [-0.4, -0.2) is 26.1 Å². The number of hydrogen-bond donors (Lipinski definition) is 2. The van der Waals surface area contributed by atoms with E-state index in [4.69, 9.17) is 0 Å². The highest BCUT2D eigenvalue weighted by Crippen LogP contribution is 2.23. The lowest BCUT2D eigenvalue weighted by Crippen LogP contribution is -2.16. The summed E-state index contributed by atoms with van der Waals surface area (Å²) in [4.78, 5) is 19.3. The van der Waals surface area contributed by atoms with E-state index in [0.29, 0.717) is 22.1 Å². The van der Waals surface area contributed by atoms with Gasteiger partial charge in [0.05, 0.1) is 6.42 Å². The van der Waals surface area contributed by atoms with Crippen LogP contribution in [0.25, 0.3) is 22.1 Å². The maximum absolute atomic E-state index is 13.4. The number of benzene rings is 2. The van der Waals surface area contributed by atoms with Crippen molar-refractivity contribution in [2.75, 3.05) is 5.32 Å². The number of carbonyl (C=O) groups excluding carboxylic acids is 1. The first kappa shape index (κ1) is 14.3. The molecule has 0 atom stereocenters. The average Bonchev–Trinajstić information content (AvgIpc) is 2.92. The molecule has 0 aliphatic carbocycles. The number of halogens is 1. The molecule has 0 aliphatic heterocycles. The van der Waals surface area contributed by atoms with Crippen LogP contribution in [0.5, 0.6) is 0 Å². The largest absolute Gasteiger partial charge is 0.338 e. The molecule has 0 aliphatic rings. The molecular weight excluding hydrogens is 309 g/mol. The fraction of sp³-hybridized carbons (Fsp3) is 0.0588. The van der Waals surface area contributed by atoms with E-state index in [2.05, 4.69) is 25.5 Å². The van der Waals surface area contributed by atoms with E-state index in [1.54, 1.807) is 6.07 Å². The van der Waals surface area contributed by atoms with E-state index in [1.165, 1.54) is 12.1 Å². The minimum atomic E-state index is -0.356. The van der Waals surface area contributed by atoms with Crippen molar-refractivity contribution in [3.8, 4) is 0 Å². The van der Waals surface area contributed by atoms with Gasteiger partial charge in [-0.25, -0.2) is 4.39 Å². The number of rotatable bonds is 3. The van der Waals surface area contributed by atoms with Gasteiger partial charge in [0.1, 0.15) is 11.3 Å². The van der Waals surface area contributed by atoms with E-state index in [0.717, 1.165) is 5.56 Å². The topological polar surface area (TPSA) is 83.6 Å². The molecule has 24 heavy (non-hydrogen) atoms. The summed E-state index contributed by atoms with van der Waals surface area (Å²) < 4.78 is 13.4. The molecular formula is C17H12FN5O. The van der Waals surface area contributed by atoms with Crippen molar-refractivity contribution in [1.82, 2.24) is 20.2 Å². The van der Waals surface area contributed by atoms with Gasteiger partial charge in [-0.15, -0.1) is 10.2 Å². The average molecular weight is 321 g/mol. The summed E-state index contributed by atoms with van der Waals surface area (Å²) in [5.74, 6) is -0.481. The summed E-state index contributed by atoms with van der Waals surface area (Å²) in [5.41, 5.74) is 2.51. The molecule has 0 saturated carbocycles. The Hall–Kier alpha value is -3.35. The summed E-state index contributed by atoms with van der Waals surface area (Å²) in [7, 11) is 0. The first-order valence-corrected chi connectivity index (χ1v) is 7.34. The molecule has 4 rings (SSSR count). The number of nitrogens with zero attached hydrogens (tertiary/aromatic N) is 3. The van der Waals surface area contributed by atoms with E-state index >= 15 is 0 Å². The molecule has 0 unspecified atom stereocenters. The molecule has 6 nitrogen and oxygen atoms in total. The minimum absolute atomic E-state index is 0.107. The van der Waals surface area contributed by atoms with Crippen LogP contribution < -0.4 is 5.32 Å². The molecule has 0 radical (unpaired) electrons. The Labute approximate surface area is 135 Å². The van der Waals surface area contributed by atoms with E-state index in [1.807, 2.05) is 30.3 Å². The van der Waals surface area contributed by atoms with Gasteiger partial charge in [-0.05, 0) is 23.8 Å². The number of carbonyl (C=O) groups is 1. The zero-order valence-corrected chi connectivity index (χ0v) is 12.5. The van der Waals surface area contributed by atoms with E-state index in [9.17, 15) is 9.18 Å². The predicted molar refractivity (Wildman–Crippen MR) is 87.9 cm³/mol. The molecule has 0 spiro atoms. The van der Waals surface area contributed by atoms with Crippen LogP contribution in [0, 0.1) is 5.82 Å². The lowest BCUT2D eigenvalue weighted by atomic mass is 10.1. The molecule has 0 fully saturated rings. The molecule has 1 amide bonds. The Morgan fingerprint density at radius 3 is 2.79 bits per heavy atom. The Morgan fingerprint density at radius 2 is 1.96 bits per heavy atom. The van der Waals surface area contributed by atoms with Crippen molar-refractivity contribution in [3.05, 3.63) is 59.9 Å². The smallest absolute Gasteiger partial charge is 0.251 e. The number of nitrogens with one attached hydrogen (secondary N) is 2.